The van der Waals surface area contributed by atoms with Gasteiger partial charge in [-0.15, -0.1) is 0 Å². The Morgan fingerprint density at radius 1 is 1.12 bits per heavy atom. The minimum Gasteiger partial charge on any atom is -0.359 e. The summed E-state index contributed by atoms with van der Waals surface area (Å²) in [4.78, 5) is 6.36. The highest BCUT2D eigenvalue weighted by Gasteiger charge is 2.09. The van der Waals surface area contributed by atoms with Gasteiger partial charge in [0, 0.05) is 48.8 Å². The van der Waals surface area contributed by atoms with Gasteiger partial charge < -0.3 is 9.09 Å². The Hall–Kier alpha value is -2.92. The molecule has 0 unspecified atom stereocenters. The summed E-state index contributed by atoms with van der Waals surface area (Å²) >= 11 is 0. The summed E-state index contributed by atoms with van der Waals surface area (Å²) in [5.41, 5.74) is 3.07. The van der Waals surface area contributed by atoms with Crippen LogP contribution in [0.5, 0.6) is 0 Å². The third kappa shape index (κ3) is 3.46. The van der Waals surface area contributed by atoms with Crippen LogP contribution < -0.4 is 0 Å². The van der Waals surface area contributed by atoms with Gasteiger partial charge in [0.25, 0.3) is 0 Å². The van der Waals surface area contributed by atoms with Gasteiger partial charge in [-0.3, -0.25) is 9.88 Å². The molecule has 0 saturated heterocycles. The third-order valence-electron chi connectivity index (χ3n) is 4.34. The molecule has 126 valence electrons. The Morgan fingerprint density at radius 3 is 2.92 bits per heavy atom. The molecular formula is C20H20N4O. The van der Waals surface area contributed by atoms with Crippen LogP contribution in [-0.2, 0) is 13.1 Å². The lowest BCUT2D eigenvalue weighted by Crippen LogP contribution is -2.22. The Balaban J connectivity index is 1.38. The molecule has 0 aliphatic rings. The SMILES string of the molecule is CN(CCn1ccc2ccccc21)Cc1cc(-c2cccnc2)no1. The van der Waals surface area contributed by atoms with Crippen LogP contribution in [0.3, 0.4) is 0 Å². The second-order valence-electron chi connectivity index (χ2n) is 6.23. The number of rotatable bonds is 6. The minimum absolute atomic E-state index is 0.729. The molecule has 0 bridgehead atoms. The molecule has 5 nitrogen and oxygen atoms in total. The van der Waals surface area contributed by atoms with Crippen LogP contribution in [0, 0.1) is 0 Å². The van der Waals surface area contributed by atoms with Gasteiger partial charge in [-0.25, -0.2) is 0 Å². The summed E-state index contributed by atoms with van der Waals surface area (Å²) in [5.74, 6) is 0.860. The first-order chi connectivity index (χ1) is 12.3. The Bertz CT molecular complexity index is 958. The summed E-state index contributed by atoms with van der Waals surface area (Å²) in [5, 5.41) is 5.42. The van der Waals surface area contributed by atoms with Crippen molar-refractivity contribution in [3.63, 3.8) is 0 Å². The van der Waals surface area contributed by atoms with E-state index in [0.29, 0.717) is 0 Å². The molecule has 3 aromatic heterocycles. The molecule has 1 aromatic carbocycles. The van der Waals surface area contributed by atoms with E-state index in [2.05, 4.69) is 63.2 Å². The first-order valence-corrected chi connectivity index (χ1v) is 8.38. The van der Waals surface area contributed by atoms with Gasteiger partial charge in [0.2, 0.25) is 0 Å². The molecule has 5 heteroatoms. The van der Waals surface area contributed by atoms with Crippen LogP contribution in [-0.4, -0.2) is 33.2 Å². The van der Waals surface area contributed by atoms with E-state index in [1.165, 1.54) is 10.9 Å². The van der Waals surface area contributed by atoms with Gasteiger partial charge in [-0.1, -0.05) is 23.4 Å². The average Bonchev–Trinajstić information content (AvgIpc) is 3.28. The highest BCUT2D eigenvalue weighted by molar-refractivity contribution is 5.79. The predicted molar refractivity (Wildman–Crippen MR) is 98.0 cm³/mol. The molecule has 4 aromatic rings. The van der Waals surface area contributed by atoms with Crippen molar-refractivity contribution in [1.29, 1.82) is 0 Å². The number of benzene rings is 1. The second kappa shape index (κ2) is 6.91. The second-order valence-corrected chi connectivity index (χ2v) is 6.23. The molecule has 0 atom stereocenters. The number of likely N-dealkylation sites (N-methyl/N-ethyl adjacent to an activating group) is 1. The van der Waals surface area contributed by atoms with Crippen LogP contribution in [0.4, 0.5) is 0 Å². The van der Waals surface area contributed by atoms with Crippen molar-refractivity contribution < 1.29 is 4.52 Å². The number of pyridine rings is 1. The molecule has 0 radical (unpaired) electrons. The van der Waals surface area contributed by atoms with Gasteiger partial charge in [0.15, 0.2) is 5.76 Å². The Morgan fingerprint density at radius 2 is 2.04 bits per heavy atom. The number of fused-ring (bicyclic) bond motifs is 1. The fourth-order valence-corrected chi connectivity index (χ4v) is 3.00. The smallest absolute Gasteiger partial charge is 0.151 e. The van der Waals surface area contributed by atoms with Crippen molar-refractivity contribution >= 4 is 10.9 Å². The number of nitrogens with zero attached hydrogens (tertiary/aromatic N) is 4. The van der Waals surface area contributed by atoms with E-state index < -0.39 is 0 Å². The van der Waals surface area contributed by atoms with Crippen LogP contribution in [0.25, 0.3) is 22.2 Å². The highest BCUT2D eigenvalue weighted by Crippen LogP contribution is 2.19. The minimum atomic E-state index is 0.729. The maximum absolute atomic E-state index is 5.47. The molecule has 0 N–H and O–H groups in total. The molecule has 0 aliphatic carbocycles. The molecule has 4 rings (SSSR count). The quantitative estimate of drug-likeness (QED) is 0.538. The Kier molecular flexibility index (Phi) is 4.31. The molecule has 25 heavy (non-hydrogen) atoms. The lowest BCUT2D eigenvalue weighted by atomic mass is 10.2. The van der Waals surface area contributed by atoms with Gasteiger partial charge >= 0.3 is 0 Å². The standard InChI is InChI=1S/C20H20N4O/c1-23(11-12-24-10-8-16-5-2-3-7-20(16)24)15-18-13-19(22-25-18)17-6-4-9-21-14-17/h2-10,13-14H,11-12,15H2,1H3. The van der Waals surface area contributed by atoms with Crippen LogP contribution in [0.2, 0.25) is 0 Å². The van der Waals surface area contributed by atoms with E-state index in [-0.39, 0.29) is 0 Å². The lowest BCUT2D eigenvalue weighted by molar-refractivity contribution is 0.265. The van der Waals surface area contributed by atoms with Gasteiger partial charge in [0.1, 0.15) is 5.69 Å². The number of hydrogen-bond donors (Lipinski definition) is 0. The zero-order valence-corrected chi connectivity index (χ0v) is 14.2. The van der Waals surface area contributed by atoms with E-state index in [0.717, 1.165) is 36.7 Å². The molecule has 0 aliphatic heterocycles. The summed E-state index contributed by atoms with van der Waals surface area (Å²) in [6.45, 7) is 2.60. The fraction of sp³-hybridized carbons (Fsp3) is 0.200. The number of aromatic nitrogens is 3. The van der Waals surface area contributed by atoms with Crippen molar-refractivity contribution in [3.05, 3.63) is 72.9 Å². The average molecular weight is 332 g/mol. The Labute approximate surface area is 146 Å². The normalized spacial score (nSPS) is 11.4. The van der Waals surface area contributed by atoms with Gasteiger partial charge in [0.05, 0.1) is 6.54 Å². The van der Waals surface area contributed by atoms with E-state index in [1.54, 1.807) is 12.4 Å². The summed E-state index contributed by atoms with van der Waals surface area (Å²) in [6.07, 6.45) is 5.69. The van der Waals surface area contributed by atoms with E-state index >= 15 is 0 Å². The molecule has 3 heterocycles. The largest absolute Gasteiger partial charge is 0.359 e. The zero-order chi connectivity index (χ0) is 17.1. The first kappa shape index (κ1) is 15.6. The third-order valence-corrected chi connectivity index (χ3v) is 4.34. The van der Waals surface area contributed by atoms with Crippen LogP contribution in [0.1, 0.15) is 5.76 Å². The summed E-state index contributed by atoms with van der Waals surface area (Å²) in [7, 11) is 2.10. The van der Waals surface area contributed by atoms with E-state index in [4.69, 9.17) is 4.52 Å². The monoisotopic (exact) mass is 332 g/mol. The molecule has 0 fully saturated rings. The van der Waals surface area contributed by atoms with Crippen molar-refractivity contribution in [2.45, 2.75) is 13.1 Å². The molecule has 0 saturated carbocycles. The summed E-state index contributed by atoms with van der Waals surface area (Å²) in [6, 6.07) is 16.5. The van der Waals surface area contributed by atoms with Crippen molar-refractivity contribution in [3.8, 4) is 11.3 Å². The topological polar surface area (TPSA) is 47.1 Å². The number of hydrogen-bond acceptors (Lipinski definition) is 4. The summed E-state index contributed by atoms with van der Waals surface area (Å²) < 4.78 is 7.76. The highest BCUT2D eigenvalue weighted by atomic mass is 16.5. The first-order valence-electron chi connectivity index (χ1n) is 8.38. The van der Waals surface area contributed by atoms with Crippen LogP contribution >= 0.6 is 0 Å². The van der Waals surface area contributed by atoms with Crippen LogP contribution in [0.15, 0.2) is 71.6 Å². The van der Waals surface area contributed by atoms with Crippen molar-refractivity contribution in [2.24, 2.45) is 0 Å². The maximum Gasteiger partial charge on any atom is 0.151 e. The molecule has 0 amide bonds. The van der Waals surface area contributed by atoms with E-state index in [9.17, 15) is 0 Å². The van der Waals surface area contributed by atoms with Gasteiger partial charge in [-0.05, 0) is 36.7 Å². The van der Waals surface area contributed by atoms with Gasteiger partial charge in [-0.2, -0.15) is 0 Å². The zero-order valence-electron chi connectivity index (χ0n) is 14.2. The maximum atomic E-state index is 5.47. The van der Waals surface area contributed by atoms with Crippen molar-refractivity contribution in [1.82, 2.24) is 19.6 Å². The number of para-hydroxylation sites is 1. The lowest BCUT2D eigenvalue weighted by Gasteiger charge is -2.15. The van der Waals surface area contributed by atoms with Crippen molar-refractivity contribution in [2.75, 3.05) is 13.6 Å². The molecular weight excluding hydrogens is 312 g/mol. The molecule has 0 spiro atoms. The predicted octanol–water partition coefficient (Wildman–Crippen LogP) is 3.82. The van der Waals surface area contributed by atoms with E-state index in [1.807, 2.05) is 18.2 Å². The fourth-order valence-electron chi connectivity index (χ4n) is 3.00.